The number of sulfonamides is 2. The van der Waals surface area contributed by atoms with Crippen LogP contribution in [0.2, 0.25) is 0 Å². The lowest BCUT2D eigenvalue weighted by Gasteiger charge is -2.19. The Bertz CT molecular complexity index is 1540. The average molecular weight is 506 g/mol. The van der Waals surface area contributed by atoms with Crippen LogP contribution >= 0.6 is 0 Å². The number of imidazole rings is 1. The molecule has 0 radical (unpaired) electrons. The van der Waals surface area contributed by atoms with Gasteiger partial charge < -0.3 is 16.5 Å². The maximum Gasteiger partial charge on any atom is 0.242 e. The number of H-pyrrole nitrogens is 1. The van der Waals surface area contributed by atoms with Crippen molar-refractivity contribution >= 4 is 42.9 Å². The Morgan fingerprint density at radius 3 is 2.53 bits per heavy atom. The minimum Gasteiger partial charge on any atom is -0.369 e. The van der Waals surface area contributed by atoms with Gasteiger partial charge in [0.1, 0.15) is 9.79 Å². The highest BCUT2D eigenvalue weighted by molar-refractivity contribution is 7.92. The number of azo groups is 1. The Labute approximate surface area is 195 Å². The first-order valence-electron chi connectivity index (χ1n) is 10.2. The fourth-order valence-electron chi connectivity index (χ4n) is 3.71. The molecule has 0 amide bonds. The lowest BCUT2D eigenvalue weighted by atomic mass is 9.97. The Hall–Kier alpha value is -3.24. The SMILES string of the molecule is CC[C@@H](CN)NS(=O)(=O)c1ccc(-c2cccc3[nH]c(N)nc23)c(C2=NCN=N2)c1S(N)(=O)=O. The molecule has 1 aromatic heterocycles. The minimum absolute atomic E-state index is 0.0227. The van der Waals surface area contributed by atoms with Crippen molar-refractivity contribution in [2.75, 3.05) is 18.9 Å². The van der Waals surface area contributed by atoms with Crippen LogP contribution in [0.1, 0.15) is 18.9 Å². The summed E-state index contributed by atoms with van der Waals surface area (Å²) in [6.45, 7) is 1.73. The Balaban J connectivity index is 2.09. The van der Waals surface area contributed by atoms with Crippen LogP contribution in [0.5, 0.6) is 0 Å². The molecule has 0 aliphatic carbocycles. The van der Waals surface area contributed by atoms with Crippen molar-refractivity contribution in [1.82, 2.24) is 14.7 Å². The summed E-state index contributed by atoms with van der Waals surface area (Å²) in [5.41, 5.74) is 13.2. The van der Waals surface area contributed by atoms with Crippen molar-refractivity contribution in [2.24, 2.45) is 26.1 Å². The van der Waals surface area contributed by atoms with Crippen LogP contribution in [0.25, 0.3) is 22.2 Å². The number of aromatic nitrogens is 2. The predicted octanol–water partition coefficient (Wildman–Crippen LogP) is 0.645. The van der Waals surface area contributed by atoms with Crippen molar-refractivity contribution in [2.45, 2.75) is 29.2 Å². The summed E-state index contributed by atoms with van der Waals surface area (Å²) >= 11 is 0. The average Bonchev–Trinajstić information content (AvgIpc) is 3.44. The Kier molecular flexibility index (Phi) is 6.22. The summed E-state index contributed by atoms with van der Waals surface area (Å²) in [7, 11) is -8.94. The molecule has 0 unspecified atom stereocenters. The zero-order valence-corrected chi connectivity index (χ0v) is 19.7. The van der Waals surface area contributed by atoms with Gasteiger partial charge in [0.2, 0.25) is 20.0 Å². The molecular weight excluding hydrogens is 482 g/mol. The summed E-state index contributed by atoms with van der Waals surface area (Å²) in [6.07, 6.45) is 0.398. The quantitative estimate of drug-likeness (QED) is 0.293. The molecule has 1 aliphatic heterocycles. The molecule has 15 heteroatoms. The van der Waals surface area contributed by atoms with Crippen molar-refractivity contribution in [3.8, 4) is 11.1 Å². The molecule has 8 N–H and O–H groups in total. The molecule has 13 nitrogen and oxygen atoms in total. The first-order valence-corrected chi connectivity index (χ1v) is 13.2. The predicted molar refractivity (Wildman–Crippen MR) is 127 cm³/mol. The van der Waals surface area contributed by atoms with Gasteiger partial charge >= 0.3 is 0 Å². The van der Waals surface area contributed by atoms with Crippen molar-refractivity contribution in [3.05, 3.63) is 35.9 Å². The van der Waals surface area contributed by atoms with E-state index in [4.69, 9.17) is 16.6 Å². The fourth-order valence-corrected chi connectivity index (χ4v) is 6.65. The molecule has 0 bridgehead atoms. The van der Waals surface area contributed by atoms with E-state index in [1.807, 2.05) is 0 Å². The summed E-state index contributed by atoms with van der Waals surface area (Å²) in [5.74, 6) is 0.0896. The summed E-state index contributed by atoms with van der Waals surface area (Å²) in [6, 6.07) is 7.17. The van der Waals surface area contributed by atoms with Gasteiger partial charge in [-0.3, -0.25) is 0 Å². The largest absolute Gasteiger partial charge is 0.369 e. The van der Waals surface area contributed by atoms with E-state index >= 15 is 0 Å². The lowest BCUT2D eigenvalue weighted by molar-refractivity contribution is 0.539. The van der Waals surface area contributed by atoms with Crippen LogP contribution in [-0.4, -0.2) is 51.9 Å². The number of aliphatic imine (C=N–C) groups is 1. The number of hydrogen-bond acceptors (Lipinski definition) is 10. The third kappa shape index (κ3) is 4.30. The van der Waals surface area contributed by atoms with E-state index < -0.39 is 35.9 Å². The van der Waals surface area contributed by atoms with Crippen LogP contribution in [0.15, 0.2) is 55.3 Å². The standard InChI is InChI=1S/C19H23N9O4S2/c1-2-10(8-20)28-34(31,32)14-7-6-11(12-4-3-5-13-16(12)26-19(21)25-13)15(17(14)33(22,29)30)18-23-9-24-27-18/h3-7,10,28H,2,8-9,20H2,1H3,(H3,21,25,26)(H2,22,29,30)/t10-/m0/s1. The van der Waals surface area contributed by atoms with Gasteiger partial charge in [-0.1, -0.05) is 25.1 Å². The highest BCUT2D eigenvalue weighted by Gasteiger charge is 2.33. The van der Waals surface area contributed by atoms with Gasteiger partial charge in [0.15, 0.2) is 18.5 Å². The number of amidine groups is 1. The first-order chi connectivity index (χ1) is 16.1. The van der Waals surface area contributed by atoms with E-state index in [0.29, 0.717) is 28.6 Å². The number of nitrogens with two attached hydrogens (primary N) is 3. The van der Waals surface area contributed by atoms with Crippen LogP contribution in [0.3, 0.4) is 0 Å². The third-order valence-electron chi connectivity index (χ3n) is 5.29. The summed E-state index contributed by atoms with van der Waals surface area (Å²) in [4.78, 5) is 10.1. The van der Waals surface area contributed by atoms with Crippen molar-refractivity contribution in [3.63, 3.8) is 0 Å². The smallest absolute Gasteiger partial charge is 0.242 e. The molecule has 0 spiro atoms. The second-order valence-corrected chi connectivity index (χ2v) is 10.7. The molecule has 180 valence electrons. The molecule has 0 saturated heterocycles. The maximum atomic E-state index is 13.2. The van der Waals surface area contributed by atoms with Gasteiger partial charge in [-0.15, -0.1) is 5.11 Å². The number of nitrogens with one attached hydrogen (secondary N) is 2. The molecule has 1 aliphatic rings. The van der Waals surface area contributed by atoms with E-state index in [1.54, 1.807) is 25.1 Å². The highest BCUT2D eigenvalue weighted by atomic mass is 32.2. The number of benzene rings is 2. The van der Waals surface area contributed by atoms with E-state index in [0.717, 1.165) is 0 Å². The number of anilines is 1. The van der Waals surface area contributed by atoms with Gasteiger partial charge in [-0.05, 0) is 24.1 Å². The topological polar surface area (TPSA) is 224 Å². The molecule has 34 heavy (non-hydrogen) atoms. The van der Waals surface area contributed by atoms with Gasteiger partial charge in [-0.2, -0.15) is 5.11 Å². The number of primary sulfonamides is 1. The minimum atomic E-state index is -4.60. The normalized spacial score (nSPS) is 15.1. The number of rotatable bonds is 8. The maximum absolute atomic E-state index is 13.2. The Morgan fingerprint density at radius 2 is 1.91 bits per heavy atom. The van der Waals surface area contributed by atoms with Gasteiger partial charge in [0.25, 0.3) is 0 Å². The number of nitrogen functional groups attached to an aromatic ring is 1. The molecule has 1 atom stereocenters. The molecule has 4 rings (SSSR count). The number of hydrogen-bond donors (Lipinski definition) is 5. The fraction of sp³-hybridized carbons (Fsp3) is 0.263. The van der Waals surface area contributed by atoms with Crippen LogP contribution in [0, 0.1) is 0 Å². The molecule has 3 aromatic rings. The van der Waals surface area contributed by atoms with Crippen LogP contribution in [0.4, 0.5) is 5.95 Å². The van der Waals surface area contributed by atoms with Gasteiger partial charge in [-0.25, -0.2) is 36.7 Å². The zero-order valence-electron chi connectivity index (χ0n) is 18.1. The molecule has 0 fully saturated rings. The number of para-hydroxylation sites is 1. The van der Waals surface area contributed by atoms with E-state index in [9.17, 15) is 16.8 Å². The molecule has 0 saturated carbocycles. The highest BCUT2D eigenvalue weighted by Crippen LogP contribution is 2.37. The summed E-state index contributed by atoms with van der Waals surface area (Å²) in [5, 5.41) is 13.3. The van der Waals surface area contributed by atoms with Crippen molar-refractivity contribution in [1.29, 1.82) is 0 Å². The second-order valence-electron chi connectivity index (χ2n) is 7.51. The zero-order chi connectivity index (χ0) is 24.7. The van der Waals surface area contributed by atoms with Crippen LogP contribution < -0.4 is 21.3 Å². The van der Waals surface area contributed by atoms with Crippen molar-refractivity contribution < 1.29 is 16.8 Å². The van der Waals surface area contributed by atoms with E-state index in [1.165, 1.54) is 12.1 Å². The Morgan fingerprint density at radius 1 is 1.15 bits per heavy atom. The second kappa shape index (κ2) is 8.84. The molecular formula is C19H23N9O4S2. The number of nitrogens with zero attached hydrogens (tertiary/aromatic N) is 4. The van der Waals surface area contributed by atoms with Gasteiger partial charge in [0.05, 0.1) is 16.6 Å². The lowest BCUT2D eigenvalue weighted by Crippen LogP contribution is -2.40. The summed E-state index contributed by atoms with van der Waals surface area (Å²) < 4.78 is 54.6. The molecule has 2 heterocycles. The molecule has 2 aromatic carbocycles. The van der Waals surface area contributed by atoms with E-state index in [-0.39, 0.29) is 30.6 Å². The van der Waals surface area contributed by atoms with Gasteiger partial charge in [0, 0.05) is 18.2 Å². The monoisotopic (exact) mass is 505 g/mol. The number of fused-ring (bicyclic) bond motifs is 1. The van der Waals surface area contributed by atoms with Crippen LogP contribution in [-0.2, 0) is 20.0 Å². The number of aromatic amines is 1. The third-order valence-corrected chi connectivity index (χ3v) is 7.97. The first kappa shape index (κ1) is 23.9. The van der Waals surface area contributed by atoms with E-state index in [2.05, 4.69) is 29.9 Å².